The van der Waals surface area contributed by atoms with Crippen molar-refractivity contribution in [3.05, 3.63) is 34.7 Å². The zero-order valence-electron chi connectivity index (χ0n) is 16.4. The van der Waals surface area contributed by atoms with E-state index in [1.807, 2.05) is 0 Å². The zero-order valence-corrected chi connectivity index (χ0v) is 18.0. The summed E-state index contributed by atoms with van der Waals surface area (Å²) in [5, 5.41) is 41.4. The zero-order chi connectivity index (χ0) is 22.7. The molecule has 0 spiro atoms. The summed E-state index contributed by atoms with van der Waals surface area (Å²) in [6.45, 7) is -1.06. The molecule has 1 aromatic rings. The van der Waals surface area contributed by atoms with Crippen LogP contribution >= 0.6 is 24.0 Å². The Hall–Kier alpha value is -2.06. The largest absolute Gasteiger partial charge is 0.497 e. The molecule has 12 heteroatoms. The van der Waals surface area contributed by atoms with Crippen molar-refractivity contribution in [2.24, 2.45) is 0 Å². The van der Waals surface area contributed by atoms with Crippen LogP contribution in [0.1, 0.15) is 5.56 Å². The van der Waals surface area contributed by atoms with Crippen molar-refractivity contribution in [1.82, 2.24) is 10.2 Å². The minimum atomic E-state index is -1.65. The Bertz CT molecular complexity index is 878. The third-order valence-corrected chi connectivity index (χ3v) is 6.19. The molecule has 0 aromatic heterocycles. The second-order valence-corrected chi connectivity index (χ2v) is 8.54. The van der Waals surface area contributed by atoms with Crippen molar-refractivity contribution in [3.63, 3.8) is 0 Å². The van der Waals surface area contributed by atoms with Gasteiger partial charge in [0.25, 0.3) is 5.91 Å². The number of aliphatic hydroxyl groups is 4. The molecule has 168 valence electrons. The minimum absolute atomic E-state index is 0.182. The van der Waals surface area contributed by atoms with Gasteiger partial charge < -0.3 is 35.2 Å². The number of carbonyl (C=O) groups excluding carboxylic acids is 2. The fraction of sp³-hybridized carbons (Fsp3) is 0.421. The number of thiocarbonyl (C=S) groups is 1. The predicted octanol–water partition coefficient (Wildman–Crippen LogP) is -1.19. The average Bonchev–Trinajstić information content (AvgIpc) is 3.01. The number of nitrogens with zero attached hydrogens (tertiary/aromatic N) is 1. The molecule has 0 bridgehead atoms. The Balaban J connectivity index is 1.64. The summed E-state index contributed by atoms with van der Waals surface area (Å²) < 4.78 is 10.3. The van der Waals surface area contributed by atoms with Crippen LogP contribution in [0.5, 0.6) is 5.75 Å². The number of nitrogens with one attached hydrogen (secondary N) is 1. The van der Waals surface area contributed by atoms with Gasteiger partial charge in [-0.15, -0.1) is 0 Å². The summed E-state index contributed by atoms with van der Waals surface area (Å²) in [5.74, 6) is -0.501. The van der Waals surface area contributed by atoms with Gasteiger partial charge in [0.1, 0.15) is 41.0 Å². The van der Waals surface area contributed by atoms with E-state index in [4.69, 9.17) is 26.8 Å². The highest BCUT2D eigenvalue weighted by molar-refractivity contribution is 8.26. The van der Waals surface area contributed by atoms with Crippen LogP contribution in [0.4, 0.5) is 0 Å². The number of hydrogen-bond donors (Lipinski definition) is 5. The van der Waals surface area contributed by atoms with Crippen LogP contribution in [0.15, 0.2) is 29.2 Å². The molecule has 3 rings (SSSR count). The van der Waals surface area contributed by atoms with Crippen molar-refractivity contribution in [3.8, 4) is 5.75 Å². The summed E-state index contributed by atoms with van der Waals surface area (Å²) >= 11 is 6.25. The Morgan fingerprint density at radius 1 is 1.29 bits per heavy atom. The first-order valence-corrected chi connectivity index (χ1v) is 10.5. The van der Waals surface area contributed by atoms with E-state index in [2.05, 4.69) is 5.32 Å². The van der Waals surface area contributed by atoms with Crippen LogP contribution in [0.3, 0.4) is 0 Å². The lowest BCUT2D eigenvalue weighted by Crippen LogP contribution is -2.64. The van der Waals surface area contributed by atoms with Gasteiger partial charge in [-0.1, -0.05) is 36.1 Å². The van der Waals surface area contributed by atoms with Gasteiger partial charge in [-0.2, -0.15) is 0 Å². The average molecular weight is 471 g/mol. The summed E-state index contributed by atoms with van der Waals surface area (Å²) in [6.07, 6.45) is -4.29. The molecule has 0 radical (unpaired) electrons. The van der Waals surface area contributed by atoms with E-state index in [0.29, 0.717) is 10.7 Å². The number of hydrogen-bond acceptors (Lipinski definition) is 10. The summed E-state index contributed by atoms with van der Waals surface area (Å²) in [5.41, 5.74) is 0.753. The van der Waals surface area contributed by atoms with Crippen molar-refractivity contribution >= 4 is 46.2 Å². The van der Waals surface area contributed by atoms with Crippen LogP contribution in [0.2, 0.25) is 0 Å². The Labute approximate surface area is 187 Å². The molecule has 2 heterocycles. The summed E-state index contributed by atoms with van der Waals surface area (Å²) in [7, 11) is 1.55. The third-order valence-electron chi connectivity index (χ3n) is 4.82. The molecule has 0 aliphatic carbocycles. The number of aliphatic hydroxyl groups excluding tert-OH is 4. The van der Waals surface area contributed by atoms with Crippen molar-refractivity contribution in [2.75, 3.05) is 20.3 Å². The maximum absolute atomic E-state index is 12.7. The standard InChI is InChI=1S/C19H22N2O8S2/c1-28-10-4-2-9(3-5-10)6-12-17(26)21(19(30)31-12)7-13(23)20-14-16(25)15(24)11(8-22)29-18(14)27/h2-6,11,14-16,18,22,24-25,27H,7-8H2,1H3,(H,20,23)/b12-6-/t11-,14+,15+,16-,18+/m0/s1. The van der Waals surface area contributed by atoms with Crippen LogP contribution in [0.25, 0.3) is 6.08 Å². The van der Waals surface area contributed by atoms with Gasteiger partial charge >= 0.3 is 0 Å². The SMILES string of the molecule is COc1ccc(/C=C2\SC(=S)N(CC(=O)N[C@@H]3[C@H](O)[C@H](O)[C@H](CO)O[C@H]3O)C2=O)cc1. The lowest BCUT2D eigenvalue weighted by atomic mass is 9.97. The van der Waals surface area contributed by atoms with Crippen molar-refractivity contribution in [2.45, 2.75) is 30.6 Å². The minimum Gasteiger partial charge on any atom is -0.497 e. The highest BCUT2D eigenvalue weighted by atomic mass is 32.2. The predicted molar refractivity (Wildman–Crippen MR) is 115 cm³/mol. The van der Waals surface area contributed by atoms with Crippen LogP contribution in [-0.2, 0) is 14.3 Å². The van der Waals surface area contributed by atoms with Gasteiger partial charge in [-0.05, 0) is 23.8 Å². The molecule has 1 aromatic carbocycles. The van der Waals surface area contributed by atoms with Crippen molar-refractivity contribution < 1.29 is 39.5 Å². The molecule has 2 fully saturated rings. The monoisotopic (exact) mass is 470 g/mol. The molecule has 5 atom stereocenters. The second-order valence-electron chi connectivity index (χ2n) is 6.86. The van der Waals surface area contributed by atoms with E-state index in [0.717, 1.165) is 22.2 Å². The van der Waals surface area contributed by atoms with Gasteiger partial charge in [0, 0.05) is 0 Å². The molecule has 2 amide bonds. The molecule has 2 saturated heterocycles. The number of ether oxygens (including phenoxy) is 2. The molecule has 31 heavy (non-hydrogen) atoms. The maximum Gasteiger partial charge on any atom is 0.266 e. The van der Waals surface area contributed by atoms with E-state index in [1.54, 1.807) is 37.5 Å². The van der Waals surface area contributed by atoms with Crippen LogP contribution < -0.4 is 10.1 Å². The van der Waals surface area contributed by atoms with E-state index >= 15 is 0 Å². The van der Waals surface area contributed by atoms with Gasteiger partial charge in [-0.3, -0.25) is 14.5 Å². The summed E-state index contributed by atoms with van der Waals surface area (Å²) in [6, 6.07) is 5.69. The highest BCUT2D eigenvalue weighted by Gasteiger charge is 2.44. The van der Waals surface area contributed by atoms with Gasteiger partial charge in [0.2, 0.25) is 5.91 Å². The van der Waals surface area contributed by atoms with E-state index < -0.39 is 55.6 Å². The quantitative estimate of drug-likeness (QED) is 0.254. The molecule has 2 aliphatic rings. The number of amides is 2. The van der Waals surface area contributed by atoms with E-state index in [-0.39, 0.29) is 4.32 Å². The number of carbonyl (C=O) groups is 2. The fourth-order valence-electron chi connectivity index (χ4n) is 3.12. The van der Waals surface area contributed by atoms with Crippen molar-refractivity contribution in [1.29, 1.82) is 0 Å². The molecule has 10 nitrogen and oxygen atoms in total. The molecule has 0 unspecified atom stereocenters. The Morgan fingerprint density at radius 3 is 2.58 bits per heavy atom. The number of rotatable bonds is 6. The molecule has 2 aliphatic heterocycles. The highest BCUT2D eigenvalue weighted by Crippen LogP contribution is 2.32. The maximum atomic E-state index is 12.7. The molecular formula is C19H22N2O8S2. The topological polar surface area (TPSA) is 149 Å². The first-order chi connectivity index (χ1) is 14.7. The summed E-state index contributed by atoms with van der Waals surface area (Å²) in [4.78, 5) is 26.5. The second kappa shape index (κ2) is 10.0. The van der Waals surface area contributed by atoms with Crippen LogP contribution in [0, 0.1) is 0 Å². The van der Waals surface area contributed by atoms with Gasteiger partial charge in [-0.25, -0.2) is 0 Å². The normalized spacial score (nSPS) is 30.0. The van der Waals surface area contributed by atoms with E-state index in [9.17, 15) is 24.9 Å². The number of thioether (sulfide) groups is 1. The Kier molecular flexibility index (Phi) is 7.64. The Morgan fingerprint density at radius 2 is 1.97 bits per heavy atom. The molecule has 5 N–H and O–H groups in total. The molecular weight excluding hydrogens is 448 g/mol. The fourth-order valence-corrected chi connectivity index (χ4v) is 4.37. The van der Waals surface area contributed by atoms with Gasteiger partial charge in [0.15, 0.2) is 6.29 Å². The number of methoxy groups -OCH3 is 1. The first kappa shape index (κ1) is 23.6. The van der Waals surface area contributed by atoms with Crippen LogP contribution in [-0.4, -0.2) is 92.4 Å². The first-order valence-electron chi connectivity index (χ1n) is 9.24. The smallest absolute Gasteiger partial charge is 0.266 e. The number of benzene rings is 1. The lowest BCUT2D eigenvalue weighted by molar-refractivity contribution is -0.253. The molecule has 0 saturated carbocycles. The lowest BCUT2D eigenvalue weighted by Gasteiger charge is -2.40. The van der Waals surface area contributed by atoms with Gasteiger partial charge in [0.05, 0.1) is 18.6 Å². The third kappa shape index (κ3) is 5.23. The van der Waals surface area contributed by atoms with E-state index in [1.165, 1.54) is 0 Å².